The fraction of sp³-hybridized carbons (Fsp3) is 0.667. The van der Waals surface area contributed by atoms with Crippen molar-refractivity contribution < 1.29 is 9.13 Å². The Morgan fingerprint density at radius 2 is 2.06 bits per heavy atom. The quantitative estimate of drug-likeness (QED) is 0.637. The monoisotopic (exact) mass is 505 g/mol. The third kappa shape index (κ3) is 4.21. The molecule has 3 aliphatic rings. The smallest absolute Gasteiger partial charge is 0.319 e. The van der Waals surface area contributed by atoms with Crippen molar-refractivity contribution in [3.8, 4) is 6.01 Å². The third-order valence-electron chi connectivity index (χ3n) is 7.64. The summed E-state index contributed by atoms with van der Waals surface area (Å²) in [5.41, 5.74) is 1.53. The van der Waals surface area contributed by atoms with Crippen molar-refractivity contribution >= 4 is 32.7 Å². The van der Waals surface area contributed by atoms with Crippen LogP contribution < -0.4 is 15.4 Å². The predicted octanol–water partition coefficient (Wildman–Crippen LogP) is 4.51. The molecule has 8 heteroatoms. The maximum Gasteiger partial charge on any atom is 0.319 e. The Kier molecular flexibility index (Phi) is 6.54. The molecular weight excluding hydrogens is 473 g/mol. The van der Waals surface area contributed by atoms with Crippen LogP contribution in [-0.4, -0.2) is 59.7 Å². The molecule has 5 rings (SSSR count). The summed E-state index contributed by atoms with van der Waals surface area (Å²) in [7, 11) is 0. The molecule has 0 amide bonds. The SMILES string of the molecule is CCC1CCc2cc(Br)c(F)c3nc(OCC45CCCN4CCC5)nc(c23)NCCNC1. The third-order valence-corrected chi connectivity index (χ3v) is 8.21. The molecule has 0 radical (unpaired) electrons. The van der Waals surface area contributed by atoms with E-state index >= 15 is 4.39 Å². The predicted molar refractivity (Wildman–Crippen MR) is 129 cm³/mol. The molecule has 0 saturated carbocycles. The molecule has 0 aliphatic carbocycles. The lowest BCUT2D eigenvalue weighted by molar-refractivity contribution is 0.108. The van der Waals surface area contributed by atoms with Crippen LogP contribution in [0.3, 0.4) is 0 Å². The van der Waals surface area contributed by atoms with Crippen molar-refractivity contribution in [2.24, 2.45) is 5.92 Å². The average Bonchev–Trinajstić information content (AvgIpc) is 3.36. The lowest BCUT2D eigenvalue weighted by Gasteiger charge is -2.31. The maximum absolute atomic E-state index is 15.3. The summed E-state index contributed by atoms with van der Waals surface area (Å²) in [6.45, 7) is 7.65. The number of rotatable bonds is 4. The van der Waals surface area contributed by atoms with E-state index in [0.717, 1.165) is 75.8 Å². The van der Waals surface area contributed by atoms with E-state index in [4.69, 9.17) is 9.72 Å². The molecule has 3 aliphatic heterocycles. The van der Waals surface area contributed by atoms with Crippen molar-refractivity contribution in [1.29, 1.82) is 0 Å². The van der Waals surface area contributed by atoms with Gasteiger partial charge in [-0.15, -0.1) is 0 Å². The molecule has 1 atom stereocenters. The van der Waals surface area contributed by atoms with Crippen molar-refractivity contribution in [1.82, 2.24) is 20.2 Å². The highest BCUT2D eigenvalue weighted by atomic mass is 79.9. The van der Waals surface area contributed by atoms with Gasteiger partial charge in [0.25, 0.3) is 0 Å². The molecule has 4 heterocycles. The largest absolute Gasteiger partial charge is 0.461 e. The highest BCUT2D eigenvalue weighted by molar-refractivity contribution is 9.10. The van der Waals surface area contributed by atoms with E-state index in [0.29, 0.717) is 28.3 Å². The minimum atomic E-state index is -0.347. The summed E-state index contributed by atoms with van der Waals surface area (Å²) in [6, 6.07) is 2.17. The van der Waals surface area contributed by atoms with Crippen molar-refractivity contribution in [2.45, 2.75) is 57.4 Å². The Labute approximate surface area is 197 Å². The first-order valence-electron chi connectivity index (χ1n) is 12.1. The van der Waals surface area contributed by atoms with Gasteiger partial charge in [0.05, 0.1) is 10.0 Å². The molecule has 6 nitrogen and oxygen atoms in total. The van der Waals surface area contributed by atoms with Gasteiger partial charge in [0.2, 0.25) is 0 Å². The summed E-state index contributed by atoms with van der Waals surface area (Å²) in [6.07, 6.45) is 7.77. The Hall–Kier alpha value is -1.51. The van der Waals surface area contributed by atoms with Crippen molar-refractivity contribution in [3.63, 3.8) is 0 Å². The molecular formula is C24H33BrFN5O. The number of hydrogen-bond acceptors (Lipinski definition) is 6. The summed E-state index contributed by atoms with van der Waals surface area (Å²) in [4.78, 5) is 11.9. The second-order valence-corrected chi connectivity index (χ2v) is 10.4. The molecule has 0 spiro atoms. The van der Waals surface area contributed by atoms with Crippen molar-refractivity contribution in [2.75, 3.05) is 44.6 Å². The second kappa shape index (κ2) is 9.39. The standard InChI is InChI=1S/C24H33BrFN5O/c1-2-16-5-6-17-13-18(25)20(26)21-19(17)22(28-10-9-27-14-16)30-23(29-21)32-15-24-7-3-11-31(24)12-4-8-24/h13,16,27H,2-12,14-15H2,1H3,(H,28,29,30). The van der Waals surface area contributed by atoms with Gasteiger partial charge in [0.15, 0.2) is 5.82 Å². The van der Waals surface area contributed by atoms with E-state index < -0.39 is 0 Å². The highest BCUT2D eigenvalue weighted by Crippen LogP contribution is 2.39. The number of aromatic nitrogens is 2. The first-order valence-corrected chi connectivity index (χ1v) is 12.9. The molecule has 1 unspecified atom stereocenters. The number of nitrogens with one attached hydrogen (secondary N) is 2. The first-order chi connectivity index (χ1) is 15.6. The fourth-order valence-corrected chi connectivity index (χ4v) is 6.20. The number of nitrogens with zero attached hydrogens (tertiary/aromatic N) is 3. The molecule has 174 valence electrons. The number of fused-ring (bicyclic) bond motifs is 1. The molecule has 2 saturated heterocycles. The van der Waals surface area contributed by atoms with Gasteiger partial charge in [-0.25, -0.2) is 4.39 Å². The minimum absolute atomic E-state index is 0.102. The van der Waals surface area contributed by atoms with Gasteiger partial charge in [0.1, 0.15) is 17.9 Å². The first kappa shape index (κ1) is 22.3. The average molecular weight is 506 g/mol. The Bertz CT molecular complexity index is 977. The minimum Gasteiger partial charge on any atom is -0.461 e. The number of anilines is 1. The fourth-order valence-electron chi connectivity index (χ4n) is 5.74. The summed E-state index contributed by atoms with van der Waals surface area (Å²) in [5.74, 6) is 0.926. The molecule has 2 N–H and O–H groups in total. The summed E-state index contributed by atoms with van der Waals surface area (Å²) >= 11 is 3.42. The molecule has 1 aromatic carbocycles. The maximum atomic E-state index is 15.3. The normalized spacial score (nSPS) is 23.5. The number of ether oxygens (including phenoxy) is 1. The van der Waals surface area contributed by atoms with Crippen LogP contribution in [0.25, 0.3) is 10.9 Å². The number of benzene rings is 1. The van der Waals surface area contributed by atoms with Gasteiger partial charge in [0, 0.05) is 18.5 Å². The molecule has 1 aromatic heterocycles. The summed E-state index contributed by atoms with van der Waals surface area (Å²) in [5, 5.41) is 7.76. The van der Waals surface area contributed by atoms with Gasteiger partial charge in [-0.1, -0.05) is 13.3 Å². The zero-order valence-electron chi connectivity index (χ0n) is 18.9. The van der Waals surface area contributed by atoms with Gasteiger partial charge >= 0.3 is 6.01 Å². The molecule has 32 heavy (non-hydrogen) atoms. The van der Waals surface area contributed by atoms with E-state index in [1.165, 1.54) is 12.8 Å². The summed E-state index contributed by atoms with van der Waals surface area (Å²) < 4.78 is 21.9. The van der Waals surface area contributed by atoms with Crippen LogP contribution in [0.4, 0.5) is 10.2 Å². The zero-order chi connectivity index (χ0) is 22.1. The van der Waals surface area contributed by atoms with Gasteiger partial charge in [-0.3, -0.25) is 4.90 Å². The number of aryl methyl sites for hydroxylation is 1. The lowest BCUT2D eigenvalue weighted by Crippen LogP contribution is -2.43. The molecule has 2 fully saturated rings. The number of hydrogen-bond donors (Lipinski definition) is 2. The van der Waals surface area contributed by atoms with E-state index in [9.17, 15) is 0 Å². The van der Waals surface area contributed by atoms with Gasteiger partial charge < -0.3 is 15.4 Å². The van der Waals surface area contributed by atoms with Crippen LogP contribution >= 0.6 is 15.9 Å². The zero-order valence-corrected chi connectivity index (χ0v) is 20.4. The molecule has 2 aromatic rings. The Balaban J connectivity index is 1.50. The Morgan fingerprint density at radius 3 is 2.84 bits per heavy atom. The van der Waals surface area contributed by atoms with Crippen LogP contribution in [0.1, 0.15) is 51.0 Å². The van der Waals surface area contributed by atoms with Crippen LogP contribution in [0.2, 0.25) is 0 Å². The van der Waals surface area contributed by atoms with E-state index in [1.54, 1.807) is 0 Å². The van der Waals surface area contributed by atoms with E-state index in [-0.39, 0.29) is 17.4 Å². The van der Waals surface area contributed by atoms with Gasteiger partial charge in [-0.2, -0.15) is 9.97 Å². The second-order valence-electron chi connectivity index (χ2n) is 9.56. The van der Waals surface area contributed by atoms with E-state index in [1.807, 2.05) is 6.07 Å². The number of halogens is 2. The highest BCUT2D eigenvalue weighted by Gasteiger charge is 2.45. The Morgan fingerprint density at radius 1 is 1.25 bits per heavy atom. The van der Waals surface area contributed by atoms with Gasteiger partial charge in [-0.05, 0) is 91.6 Å². The van der Waals surface area contributed by atoms with Crippen LogP contribution in [0, 0.1) is 11.7 Å². The van der Waals surface area contributed by atoms with Crippen LogP contribution in [0.5, 0.6) is 6.01 Å². The lowest BCUT2D eigenvalue weighted by atomic mass is 9.95. The van der Waals surface area contributed by atoms with E-state index in [2.05, 4.69) is 43.4 Å². The van der Waals surface area contributed by atoms with Crippen LogP contribution in [0.15, 0.2) is 10.5 Å². The molecule has 0 bridgehead atoms. The topological polar surface area (TPSA) is 62.3 Å². The van der Waals surface area contributed by atoms with Crippen LogP contribution in [-0.2, 0) is 6.42 Å². The van der Waals surface area contributed by atoms with Crippen molar-refractivity contribution in [3.05, 3.63) is 21.9 Å².